The normalized spacial score (nSPS) is 10.7. The highest BCUT2D eigenvalue weighted by atomic mass is 35.5. The Morgan fingerprint density at radius 2 is 2.12 bits per heavy atom. The van der Waals surface area contributed by atoms with Crippen molar-refractivity contribution in [1.82, 2.24) is 4.98 Å². The van der Waals surface area contributed by atoms with E-state index in [-0.39, 0.29) is 0 Å². The van der Waals surface area contributed by atoms with Crippen LogP contribution in [0, 0.1) is 6.92 Å². The van der Waals surface area contributed by atoms with Crippen LogP contribution in [0.4, 0.5) is 5.82 Å². The Labute approximate surface area is 101 Å². The van der Waals surface area contributed by atoms with E-state index in [1.165, 1.54) is 5.56 Å². The van der Waals surface area contributed by atoms with Crippen molar-refractivity contribution in [3.05, 3.63) is 35.4 Å². The number of aryl methyl sites for hydroxylation is 1. The summed E-state index contributed by atoms with van der Waals surface area (Å²) >= 11 is 5.93. The molecular formula is C13H15ClN2. The molecule has 3 heteroatoms. The van der Waals surface area contributed by atoms with Crippen LogP contribution in [-0.2, 0) is 5.88 Å². The summed E-state index contributed by atoms with van der Waals surface area (Å²) in [6, 6.07) is 8.36. The molecule has 2 aromatic rings. The molecule has 0 saturated carbocycles. The summed E-state index contributed by atoms with van der Waals surface area (Å²) in [5.41, 5.74) is 3.31. The minimum Gasteiger partial charge on any atom is -0.370 e. The SMILES string of the molecule is CCNc1nc2ccc(C)cc2cc1CCl. The summed E-state index contributed by atoms with van der Waals surface area (Å²) < 4.78 is 0. The predicted molar refractivity (Wildman–Crippen MR) is 70.2 cm³/mol. The summed E-state index contributed by atoms with van der Waals surface area (Å²) in [7, 11) is 0. The van der Waals surface area contributed by atoms with Crippen molar-refractivity contribution in [2.24, 2.45) is 0 Å². The van der Waals surface area contributed by atoms with Crippen LogP contribution in [0.2, 0.25) is 0 Å². The van der Waals surface area contributed by atoms with Gasteiger partial charge in [0, 0.05) is 17.5 Å². The number of aromatic nitrogens is 1. The fraction of sp³-hybridized carbons (Fsp3) is 0.308. The maximum Gasteiger partial charge on any atom is 0.131 e. The third-order valence-electron chi connectivity index (χ3n) is 2.54. The van der Waals surface area contributed by atoms with Crippen LogP contribution in [0.25, 0.3) is 10.9 Å². The largest absolute Gasteiger partial charge is 0.370 e. The molecule has 0 spiro atoms. The van der Waals surface area contributed by atoms with Gasteiger partial charge in [-0.1, -0.05) is 11.6 Å². The van der Waals surface area contributed by atoms with Crippen LogP contribution >= 0.6 is 11.6 Å². The number of anilines is 1. The first-order valence-electron chi connectivity index (χ1n) is 5.44. The van der Waals surface area contributed by atoms with Gasteiger partial charge in [0.1, 0.15) is 5.82 Å². The molecule has 0 saturated heterocycles. The Balaban J connectivity index is 2.60. The summed E-state index contributed by atoms with van der Waals surface area (Å²) in [6.07, 6.45) is 0. The fourth-order valence-corrected chi connectivity index (χ4v) is 1.97. The summed E-state index contributed by atoms with van der Waals surface area (Å²) in [6.45, 7) is 4.99. The average Bonchev–Trinajstić information content (AvgIpc) is 2.29. The average molecular weight is 235 g/mol. The van der Waals surface area contributed by atoms with Crippen LogP contribution in [0.5, 0.6) is 0 Å². The lowest BCUT2D eigenvalue weighted by atomic mass is 10.1. The summed E-state index contributed by atoms with van der Waals surface area (Å²) in [4.78, 5) is 4.58. The lowest BCUT2D eigenvalue weighted by Crippen LogP contribution is -2.02. The van der Waals surface area contributed by atoms with Crippen molar-refractivity contribution >= 4 is 28.3 Å². The van der Waals surface area contributed by atoms with E-state index in [1.807, 2.05) is 6.07 Å². The molecule has 0 radical (unpaired) electrons. The van der Waals surface area contributed by atoms with E-state index in [2.05, 4.69) is 42.3 Å². The Hall–Kier alpha value is -1.28. The maximum absolute atomic E-state index is 5.93. The molecule has 2 nitrogen and oxygen atoms in total. The van der Waals surface area contributed by atoms with E-state index in [0.29, 0.717) is 5.88 Å². The van der Waals surface area contributed by atoms with Crippen molar-refractivity contribution < 1.29 is 0 Å². The van der Waals surface area contributed by atoms with Gasteiger partial charge < -0.3 is 5.32 Å². The predicted octanol–water partition coefficient (Wildman–Crippen LogP) is 3.71. The zero-order valence-corrected chi connectivity index (χ0v) is 10.3. The highest BCUT2D eigenvalue weighted by Crippen LogP contribution is 2.22. The molecule has 0 bridgehead atoms. The molecule has 0 aliphatic carbocycles. The molecule has 0 amide bonds. The lowest BCUT2D eigenvalue weighted by molar-refractivity contribution is 1.15. The second-order valence-corrected chi connectivity index (χ2v) is 4.12. The van der Waals surface area contributed by atoms with Gasteiger partial charge >= 0.3 is 0 Å². The van der Waals surface area contributed by atoms with E-state index >= 15 is 0 Å². The number of nitrogens with one attached hydrogen (secondary N) is 1. The first-order valence-corrected chi connectivity index (χ1v) is 5.98. The van der Waals surface area contributed by atoms with Gasteiger partial charge in [0.15, 0.2) is 0 Å². The number of halogens is 1. The van der Waals surface area contributed by atoms with Crippen molar-refractivity contribution in [3.8, 4) is 0 Å². The monoisotopic (exact) mass is 234 g/mol. The molecule has 0 unspecified atom stereocenters. The molecule has 1 aromatic heterocycles. The number of hydrogen-bond acceptors (Lipinski definition) is 2. The standard InChI is InChI=1S/C13H15ClN2/c1-3-15-13-11(8-14)7-10-6-9(2)4-5-12(10)16-13/h4-7H,3,8H2,1-2H3,(H,15,16). The number of alkyl halides is 1. The summed E-state index contributed by atoms with van der Waals surface area (Å²) in [5, 5.41) is 4.39. The Kier molecular flexibility index (Phi) is 3.30. The molecule has 0 aliphatic heterocycles. The van der Waals surface area contributed by atoms with Crippen molar-refractivity contribution in [2.45, 2.75) is 19.7 Å². The minimum absolute atomic E-state index is 0.485. The Morgan fingerprint density at radius 3 is 2.81 bits per heavy atom. The zero-order valence-electron chi connectivity index (χ0n) is 9.55. The quantitative estimate of drug-likeness (QED) is 0.819. The van der Waals surface area contributed by atoms with Crippen molar-refractivity contribution in [2.75, 3.05) is 11.9 Å². The molecule has 2 rings (SSSR count). The molecule has 1 aromatic carbocycles. The van der Waals surface area contributed by atoms with Crippen LogP contribution in [0.3, 0.4) is 0 Å². The second kappa shape index (κ2) is 4.71. The molecule has 0 aliphatic rings. The van der Waals surface area contributed by atoms with Gasteiger partial charge in [-0.2, -0.15) is 0 Å². The van der Waals surface area contributed by atoms with Crippen LogP contribution in [0.15, 0.2) is 24.3 Å². The van der Waals surface area contributed by atoms with Crippen molar-refractivity contribution in [1.29, 1.82) is 0 Å². The third kappa shape index (κ3) is 2.12. The molecule has 0 fully saturated rings. The zero-order chi connectivity index (χ0) is 11.5. The number of pyridine rings is 1. The number of benzene rings is 1. The number of hydrogen-bond donors (Lipinski definition) is 1. The van der Waals surface area contributed by atoms with E-state index in [0.717, 1.165) is 28.8 Å². The van der Waals surface area contributed by atoms with Gasteiger partial charge in [-0.05, 0) is 32.0 Å². The highest BCUT2D eigenvalue weighted by Gasteiger charge is 2.05. The maximum atomic E-state index is 5.93. The van der Waals surface area contributed by atoms with Crippen LogP contribution < -0.4 is 5.32 Å². The molecule has 16 heavy (non-hydrogen) atoms. The molecule has 84 valence electrons. The van der Waals surface area contributed by atoms with E-state index in [1.54, 1.807) is 0 Å². The molecule has 0 atom stereocenters. The molecule has 1 heterocycles. The minimum atomic E-state index is 0.485. The number of nitrogens with zero attached hydrogens (tertiary/aromatic N) is 1. The third-order valence-corrected chi connectivity index (χ3v) is 2.83. The van der Waals surface area contributed by atoms with Crippen LogP contribution in [0.1, 0.15) is 18.1 Å². The van der Waals surface area contributed by atoms with Crippen molar-refractivity contribution in [3.63, 3.8) is 0 Å². The first-order chi connectivity index (χ1) is 7.74. The van der Waals surface area contributed by atoms with E-state index in [9.17, 15) is 0 Å². The number of rotatable bonds is 3. The topological polar surface area (TPSA) is 24.9 Å². The smallest absolute Gasteiger partial charge is 0.131 e. The highest BCUT2D eigenvalue weighted by molar-refractivity contribution is 6.17. The summed E-state index contributed by atoms with van der Waals surface area (Å²) in [5.74, 6) is 1.38. The lowest BCUT2D eigenvalue weighted by Gasteiger charge is -2.09. The van der Waals surface area contributed by atoms with E-state index in [4.69, 9.17) is 11.6 Å². The van der Waals surface area contributed by atoms with Gasteiger partial charge in [-0.15, -0.1) is 11.6 Å². The molecule has 1 N–H and O–H groups in total. The first kappa shape index (κ1) is 11.2. The van der Waals surface area contributed by atoms with E-state index < -0.39 is 0 Å². The van der Waals surface area contributed by atoms with Crippen LogP contribution in [-0.4, -0.2) is 11.5 Å². The van der Waals surface area contributed by atoms with Gasteiger partial charge in [0.25, 0.3) is 0 Å². The Bertz CT molecular complexity index is 509. The van der Waals surface area contributed by atoms with Gasteiger partial charge in [0.2, 0.25) is 0 Å². The fourth-order valence-electron chi connectivity index (χ4n) is 1.76. The second-order valence-electron chi connectivity index (χ2n) is 3.86. The molecular weight excluding hydrogens is 220 g/mol. The van der Waals surface area contributed by atoms with Gasteiger partial charge in [-0.25, -0.2) is 4.98 Å². The Morgan fingerprint density at radius 1 is 1.31 bits per heavy atom. The van der Waals surface area contributed by atoms with Gasteiger partial charge in [0.05, 0.1) is 11.4 Å². The number of fused-ring (bicyclic) bond motifs is 1. The van der Waals surface area contributed by atoms with Gasteiger partial charge in [-0.3, -0.25) is 0 Å².